The topological polar surface area (TPSA) is 70.1 Å². The van der Waals surface area contributed by atoms with Crippen LogP contribution in [0.3, 0.4) is 0 Å². The van der Waals surface area contributed by atoms with Crippen LogP contribution in [0.25, 0.3) is 45.0 Å². The summed E-state index contributed by atoms with van der Waals surface area (Å²) in [5.74, 6) is 0.499. The standard InChI is InChI=1S/C31H27N3O2/c1-22(35)36-20-19-34-30(24-13-6-3-7-14-24)29(23-11-4-2-5-12-23)33-31(34)28-18-9-8-17-27(28)25-15-10-16-26(32)21-25/h2-18,21H,19-20,32H2,1H3. The minimum Gasteiger partial charge on any atom is -0.464 e. The van der Waals surface area contributed by atoms with Crippen LogP contribution in [0.4, 0.5) is 5.69 Å². The number of carbonyl (C=O) groups is 1. The molecule has 0 aliphatic carbocycles. The summed E-state index contributed by atoms with van der Waals surface area (Å²) in [7, 11) is 0. The molecule has 2 N–H and O–H groups in total. The van der Waals surface area contributed by atoms with Gasteiger partial charge in [0.15, 0.2) is 0 Å². The maximum atomic E-state index is 11.6. The van der Waals surface area contributed by atoms with E-state index in [1.54, 1.807) is 0 Å². The van der Waals surface area contributed by atoms with E-state index < -0.39 is 0 Å². The first-order valence-electron chi connectivity index (χ1n) is 11.9. The smallest absolute Gasteiger partial charge is 0.302 e. The van der Waals surface area contributed by atoms with E-state index in [9.17, 15) is 4.79 Å². The number of imidazole rings is 1. The zero-order chi connectivity index (χ0) is 24.9. The van der Waals surface area contributed by atoms with E-state index in [-0.39, 0.29) is 12.6 Å². The minimum atomic E-state index is -0.304. The van der Waals surface area contributed by atoms with Crippen molar-refractivity contribution in [1.82, 2.24) is 9.55 Å². The Balaban J connectivity index is 1.78. The number of benzene rings is 4. The molecule has 5 nitrogen and oxygen atoms in total. The van der Waals surface area contributed by atoms with E-state index in [1.165, 1.54) is 6.92 Å². The molecule has 5 heteroatoms. The van der Waals surface area contributed by atoms with Crippen LogP contribution in [0, 0.1) is 0 Å². The van der Waals surface area contributed by atoms with Crippen LogP contribution >= 0.6 is 0 Å². The van der Waals surface area contributed by atoms with Crippen LogP contribution in [0.1, 0.15) is 6.92 Å². The van der Waals surface area contributed by atoms with E-state index in [2.05, 4.69) is 47.0 Å². The van der Waals surface area contributed by atoms with Crippen LogP contribution in [-0.4, -0.2) is 22.1 Å². The van der Waals surface area contributed by atoms with Crippen molar-refractivity contribution >= 4 is 11.7 Å². The fourth-order valence-corrected chi connectivity index (χ4v) is 4.48. The number of ether oxygens (including phenoxy) is 1. The summed E-state index contributed by atoms with van der Waals surface area (Å²) < 4.78 is 7.53. The second kappa shape index (κ2) is 10.3. The van der Waals surface area contributed by atoms with Gasteiger partial charge in [0.2, 0.25) is 0 Å². The first-order chi connectivity index (χ1) is 17.6. The van der Waals surface area contributed by atoms with E-state index in [0.29, 0.717) is 12.2 Å². The van der Waals surface area contributed by atoms with Crippen molar-refractivity contribution in [3.63, 3.8) is 0 Å². The van der Waals surface area contributed by atoms with Gasteiger partial charge in [0.25, 0.3) is 0 Å². The van der Waals surface area contributed by atoms with Gasteiger partial charge in [-0.15, -0.1) is 0 Å². The third kappa shape index (κ3) is 4.77. The molecule has 0 unspecified atom stereocenters. The molecule has 1 heterocycles. The van der Waals surface area contributed by atoms with Gasteiger partial charge in [-0.2, -0.15) is 0 Å². The number of carbonyl (C=O) groups excluding carboxylic acids is 1. The third-order valence-electron chi connectivity index (χ3n) is 6.05. The Labute approximate surface area is 210 Å². The quantitative estimate of drug-likeness (QED) is 0.211. The molecular formula is C31H27N3O2. The lowest BCUT2D eigenvalue weighted by Gasteiger charge is -2.15. The highest BCUT2D eigenvalue weighted by molar-refractivity contribution is 5.87. The molecule has 178 valence electrons. The summed E-state index contributed by atoms with van der Waals surface area (Å²) >= 11 is 0. The fraction of sp³-hybridized carbons (Fsp3) is 0.0968. The Morgan fingerprint density at radius 3 is 2.06 bits per heavy atom. The molecule has 36 heavy (non-hydrogen) atoms. The van der Waals surface area contributed by atoms with Crippen molar-refractivity contribution in [3.05, 3.63) is 109 Å². The fourth-order valence-electron chi connectivity index (χ4n) is 4.48. The van der Waals surface area contributed by atoms with Crippen LogP contribution in [0.2, 0.25) is 0 Å². The average molecular weight is 474 g/mol. The lowest BCUT2D eigenvalue weighted by Crippen LogP contribution is -2.11. The number of nitrogens with zero attached hydrogens (tertiary/aromatic N) is 2. The van der Waals surface area contributed by atoms with E-state index >= 15 is 0 Å². The van der Waals surface area contributed by atoms with Crippen LogP contribution in [0.5, 0.6) is 0 Å². The summed E-state index contributed by atoms with van der Waals surface area (Å²) in [6.45, 7) is 2.13. The number of anilines is 1. The Morgan fingerprint density at radius 2 is 1.39 bits per heavy atom. The average Bonchev–Trinajstić information content (AvgIpc) is 3.29. The molecule has 0 bridgehead atoms. The molecule has 0 spiro atoms. The van der Waals surface area contributed by atoms with Crippen molar-refractivity contribution in [2.24, 2.45) is 0 Å². The zero-order valence-electron chi connectivity index (χ0n) is 20.1. The maximum Gasteiger partial charge on any atom is 0.302 e. The Morgan fingerprint density at radius 1 is 0.778 bits per heavy atom. The van der Waals surface area contributed by atoms with E-state index in [4.69, 9.17) is 15.5 Å². The van der Waals surface area contributed by atoms with Crippen LogP contribution in [-0.2, 0) is 16.1 Å². The highest BCUT2D eigenvalue weighted by Crippen LogP contribution is 2.39. The number of esters is 1. The molecule has 0 saturated carbocycles. The maximum absolute atomic E-state index is 11.6. The lowest BCUT2D eigenvalue weighted by atomic mass is 9.98. The monoisotopic (exact) mass is 473 g/mol. The van der Waals surface area contributed by atoms with E-state index in [0.717, 1.165) is 45.0 Å². The Bertz CT molecular complexity index is 1490. The molecule has 0 radical (unpaired) electrons. The molecule has 0 amide bonds. The van der Waals surface area contributed by atoms with Crippen molar-refractivity contribution < 1.29 is 9.53 Å². The number of nitrogens with two attached hydrogens (primary N) is 1. The summed E-state index contributed by atoms with van der Waals surface area (Å²) in [6.07, 6.45) is 0. The molecular weight excluding hydrogens is 446 g/mol. The molecule has 0 atom stereocenters. The predicted octanol–water partition coefficient (Wildman–Crippen LogP) is 6.70. The zero-order valence-corrected chi connectivity index (χ0v) is 20.1. The van der Waals surface area contributed by atoms with Crippen LogP contribution < -0.4 is 5.73 Å². The molecule has 5 rings (SSSR count). The molecule has 4 aromatic carbocycles. The first-order valence-corrected chi connectivity index (χ1v) is 11.9. The number of hydrogen-bond acceptors (Lipinski definition) is 4. The molecule has 0 aliphatic rings. The second-order valence-electron chi connectivity index (χ2n) is 8.53. The Kier molecular flexibility index (Phi) is 6.63. The summed E-state index contributed by atoms with van der Waals surface area (Å²) in [5.41, 5.74) is 13.8. The minimum absolute atomic E-state index is 0.243. The highest BCUT2D eigenvalue weighted by atomic mass is 16.5. The summed E-state index contributed by atoms with van der Waals surface area (Å²) in [6, 6.07) is 36.4. The molecule has 0 fully saturated rings. The molecule has 1 aromatic heterocycles. The van der Waals surface area contributed by atoms with Crippen molar-refractivity contribution in [3.8, 4) is 45.0 Å². The van der Waals surface area contributed by atoms with Gasteiger partial charge in [0.05, 0.1) is 17.9 Å². The second-order valence-corrected chi connectivity index (χ2v) is 8.53. The van der Waals surface area contributed by atoms with E-state index in [1.807, 2.05) is 66.7 Å². The summed E-state index contributed by atoms with van der Waals surface area (Å²) in [4.78, 5) is 16.8. The molecule has 0 saturated heterocycles. The number of rotatable bonds is 7. The summed E-state index contributed by atoms with van der Waals surface area (Å²) in [5, 5.41) is 0. The van der Waals surface area contributed by atoms with Crippen molar-refractivity contribution in [2.75, 3.05) is 12.3 Å². The number of nitrogen functional groups attached to an aromatic ring is 1. The van der Waals surface area contributed by atoms with Gasteiger partial charge in [0.1, 0.15) is 12.4 Å². The number of aromatic nitrogens is 2. The van der Waals surface area contributed by atoms with Gasteiger partial charge in [-0.1, -0.05) is 97.1 Å². The number of hydrogen-bond donors (Lipinski definition) is 1. The first kappa shape index (κ1) is 23.1. The van der Waals surface area contributed by atoms with Gasteiger partial charge in [-0.3, -0.25) is 4.79 Å². The normalized spacial score (nSPS) is 10.8. The largest absolute Gasteiger partial charge is 0.464 e. The van der Waals surface area contributed by atoms with Gasteiger partial charge < -0.3 is 15.0 Å². The molecule has 0 aliphatic heterocycles. The predicted molar refractivity (Wildman–Crippen MR) is 145 cm³/mol. The van der Waals surface area contributed by atoms with Gasteiger partial charge >= 0.3 is 5.97 Å². The Hall–Kier alpha value is -4.64. The van der Waals surface area contributed by atoms with Gasteiger partial charge in [-0.25, -0.2) is 4.98 Å². The van der Waals surface area contributed by atoms with Gasteiger partial charge in [-0.05, 0) is 23.3 Å². The SMILES string of the molecule is CC(=O)OCCn1c(-c2ccccc2-c2cccc(N)c2)nc(-c2ccccc2)c1-c1ccccc1. The molecule has 5 aromatic rings. The third-order valence-corrected chi connectivity index (χ3v) is 6.05. The van der Waals surface area contributed by atoms with Crippen LogP contribution in [0.15, 0.2) is 109 Å². The van der Waals surface area contributed by atoms with Crippen molar-refractivity contribution in [2.45, 2.75) is 13.5 Å². The highest BCUT2D eigenvalue weighted by Gasteiger charge is 2.23. The lowest BCUT2D eigenvalue weighted by molar-refractivity contribution is -0.141. The van der Waals surface area contributed by atoms with Crippen molar-refractivity contribution in [1.29, 1.82) is 0 Å². The van der Waals surface area contributed by atoms with Gasteiger partial charge in [0, 0.05) is 29.3 Å².